The summed E-state index contributed by atoms with van der Waals surface area (Å²) in [4.78, 5) is 31.5. The molecule has 3 aromatic rings. The largest absolute Gasteiger partial charge is 0.497 e. The zero-order valence-corrected chi connectivity index (χ0v) is 20.6. The van der Waals surface area contributed by atoms with Crippen LogP contribution in [0.25, 0.3) is 0 Å². The topological polar surface area (TPSA) is 110 Å². The average molecular weight is 482 g/mol. The van der Waals surface area contributed by atoms with Crippen molar-refractivity contribution in [1.29, 1.82) is 0 Å². The Morgan fingerprint density at radius 1 is 1.15 bits per heavy atom. The van der Waals surface area contributed by atoms with Gasteiger partial charge in [-0.05, 0) is 55.8 Å². The highest BCUT2D eigenvalue weighted by atomic mass is 32.1. The molecule has 1 aromatic heterocycles. The number of aromatic nitrogens is 1. The normalized spacial score (nSPS) is 10.7. The maximum absolute atomic E-state index is 12.9. The molecular formula is C25H31N5O3S. The summed E-state index contributed by atoms with van der Waals surface area (Å²) >= 11 is 1.51. The van der Waals surface area contributed by atoms with Gasteiger partial charge >= 0.3 is 0 Å². The van der Waals surface area contributed by atoms with E-state index in [2.05, 4.69) is 15.6 Å². The Kier molecular flexibility index (Phi) is 9.00. The molecule has 34 heavy (non-hydrogen) atoms. The number of ether oxygens (including phenoxy) is 1. The molecule has 8 nitrogen and oxygen atoms in total. The molecule has 0 unspecified atom stereocenters. The first-order valence-electron chi connectivity index (χ1n) is 11.0. The minimum atomic E-state index is -0.257. The average Bonchev–Trinajstić information content (AvgIpc) is 3.24. The molecular weight excluding hydrogens is 450 g/mol. The Morgan fingerprint density at radius 2 is 1.94 bits per heavy atom. The fourth-order valence-corrected chi connectivity index (χ4v) is 4.23. The molecule has 180 valence electrons. The van der Waals surface area contributed by atoms with Crippen LogP contribution in [0.15, 0.2) is 47.8 Å². The number of benzene rings is 2. The lowest BCUT2D eigenvalue weighted by Gasteiger charge is -2.17. The Hall–Kier alpha value is -3.43. The Morgan fingerprint density at radius 3 is 2.68 bits per heavy atom. The number of hydrogen-bond donors (Lipinski definition) is 3. The maximum Gasteiger partial charge on any atom is 0.254 e. The molecule has 0 aliphatic rings. The van der Waals surface area contributed by atoms with Crippen molar-refractivity contribution < 1.29 is 14.3 Å². The van der Waals surface area contributed by atoms with Gasteiger partial charge in [-0.15, -0.1) is 11.3 Å². The summed E-state index contributed by atoms with van der Waals surface area (Å²) in [5.74, 6) is 0.360. The van der Waals surface area contributed by atoms with Crippen molar-refractivity contribution in [3.63, 3.8) is 0 Å². The van der Waals surface area contributed by atoms with Gasteiger partial charge in [0.2, 0.25) is 0 Å². The van der Waals surface area contributed by atoms with Crippen molar-refractivity contribution in [1.82, 2.24) is 20.5 Å². The van der Waals surface area contributed by atoms with E-state index in [4.69, 9.17) is 10.5 Å². The number of nitrogen functional groups attached to an aromatic ring is 1. The van der Waals surface area contributed by atoms with Crippen molar-refractivity contribution >= 4 is 28.8 Å². The predicted molar refractivity (Wildman–Crippen MR) is 135 cm³/mol. The van der Waals surface area contributed by atoms with E-state index in [9.17, 15) is 9.59 Å². The minimum absolute atomic E-state index is 0.212. The third-order valence-corrected chi connectivity index (χ3v) is 6.08. The van der Waals surface area contributed by atoms with E-state index in [1.54, 1.807) is 37.3 Å². The number of hydrogen-bond acceptors (Lipinski definition) is 7. The number of nitrogens with zero attached hydrogens (tertiary/aromatic N) is 2. The van der Waals surface area contributed by atoms with Crippen molar-refractivity contribution in [2.75, 3.05) is 33.0 Å². The lowest BCUT2D eigenvalue weighted by atomic mass is 10.1. The van der Waals surface area contributed by atoms with Crippen molar-refractivity contribution in [2.45, 2.75) is 26.4 Å². The first kappa shape index (κ1) is 25.2. The first-order valence-corrected chi connectivity index (χ1v) is 11.9. The summed E-state index contributed by atoms with van der Waals surface area (Å²) in [6, 6.07) is 12.6. The summed E-state index contributed by atoms with van der Waals surface area (Å²) in [7, 11) is 3.36. The molecule has 0 bridgehead atoms. The number of aryl methyl sites for hydroxylation is 1. The number of thiazole rings is 1. The molecule has 9 heteroatoms. The van der Waals surface area contributed by atoms with Crippen LogP contribution in [0.5, 0.6) is 5.75 Å². The third kappa shape index (κ3) is 7.29. The highest BCUT2D eigenvalue weighted by Crippen LogP contribution is 2.17. The van der Waals surface area contributed by atoms with Crippen molar-refractivity contribution in [3.05, 3.63) is 75.2 Å². The van der Waals surface area contributed by atoms with E-state index in [-0.39, 0.29) is 11.8 Å². The molecule has 0 aliphatic carbocycles. The molecule has 0 fully saturated rings. The molecule has 1 heterocycles. The number of nitrogens with one attached hydrogen (secondary N) is 2. The second-order valence-electron chi connectivity index (χ2n) is 8.03. The Balaban J connectivity index is 1.47. The molecule has 2 amide bonds. The second kappa shape index (κ2) is 12.2. The molecule has 0 saturated heterocycles. The van der Waals surface area contributed by atoms with E-state index >= 15 is 0 Å². The zero-order valence-electron chi connectivity index (χ0n) is 19.8. The van der Waals surface area contributed by atoms with Gasteiger partial charge in [0.15, 0.2) is 0 Å². The number of methoxy groups -OCH3 is 1. The highest BCUT2D eigenvalue weighted by Gasteiger charge is 2.17. The number of rotatable bonds is 11. The molecule has 3 rings (SSSR count). The molecule has 0 spiro atoms. The van der Waals surface area contributed by atoms with Crippen LogP contribution >= 0.6 is 11.3 Å². The third-order valence-electron chi connectivity index (χ3n) is 5.13. The quantitative estimate of drug-likeness (QED) is 0.287. The number of amides is 2. The summed E-state index contributed by atoms with van der Waals surface area (Å²) in [6.07, 6.45) is 0.764. The SMILES string of the molecule is COc1cccc(CNCCCNC(=O)c2cc(N)cc(C(=O)N(C)Cc3nc(C)cs3)c2)c1. The van der Waals surface area contributed by atoms with E-state index in [0.29, 0.717) is 29.9 Å². The fraction of sp³-hybridized carbons (Fsp3) is 0.320. The van der Waals surface area contributed by atoms with Gasteiger partial charge in [0, 0.05) is 48.0 Å². The van der Waals surface area contributed by atoms with E-state index in [1.165, 1.54) is 11.3 Å². The summed E-state index contributed by atoms with van der Waals surface area (Å²) in [5, 5.41) is 9.05. The van der Waals surface area contributed by atoms with Crippen LogP contribution in [-0.4, -0.2) is 48.9 Å². The van der Waals surface area contributed by atoms with Crippen LogP contribution in [0, 0.1) is 6.92 Å². The number of anilines is 1. The molecule has 2 aromatic carbocycles. The van der Waals surface area contributed by atoms with Crippen molar-refractivity contribution in [3.8, 4) is 5.75 Å². The highest BCUT2D eigenvalue weighted by molar-refractivity contribution is 7.09. The molecule has 0 aliphatic heterocycles. The maximum atomic E-state index is 12.9. The van der Waals surface area contributed by atoms with E-state index in [0.717, 1.165) is 41.5 Å². The standard InChI is InChI=1S/C25H31N5O3S/c1-17-16-34-23(29-17)15-30(2)25(32)20-11-19(12-21(26)13-20)24(31)28-9-5-8-27-14-18-6-4-7-22(10-18)33-3/h4,6-7,10-13,16,27H,5,8-9,14-15,26H2,1-3H3,(H,28,31). The van der Waals surface area contributed by atoms with Crippen LogP contribution in [0.2, 0.25) is 0 Å². The first-order chi connectivity index (χ1) is 16.4. The Labute approximate surface area is 204 Å². The predicted octanol–water partition coefficient (Wildman–Crippen LogP) is 3.22. The fourth-order valence-electron chi connectivity index (χ4n) is 3.41. The van der Waals surface area contributed by atoms with Crippen molar-refractivity contribution in [2.24, 2.45) is 0 Å². The van der Waals surface area contributed by atoms with E-state index in [1.807, 2.05) is 36.6 Å². The van der Waals surface area contributed by atoms with Gasteiger partial charge < -0.3 is 26.0 Å². The van der Waals surface area contributed by atoms with Crippen LogP contribution in [-0.2, 0) is 13.1 Å². The number of carbonyl (C=O) groups is 2. The molecule has 4 N–H and O–H groups in total. The van der Waals surface area contributed by atoms with Gasteiger partial charge in [-0.1, -0.05) is 12.1 Å². The van der Waals surface area contributed by atoms with E-state index < -0.39 is 0 Å². The van der Waals surface area contributed by atoms with Gasteiger partial charge in [-0.3, -0.25) is 9.59 Å². The molecule has 0 atom stereocenters. The Bertz CT molecular complexity index is 1130. The van der Waals surface area contributed by atoms with Gasteiger partial charge in [-0.25, -0.2) is 4.98 Å². The zero-order chi connectivity index (χ0) is 24.5. The lowest BCUT2D eigenvalue weighted by Crippen LogP contribution is -2.29. The summed E-state index contributed by atoms with van der Waals surface area (Å²) in [6.45, 7) is 4.29. The number of nitrogens with two attached hydrogens (primary N) is 1. The second-order valence-corrected chi connectivity index (χ2v) is 8.97. The number of carbonyl (C=O) groups excluding carboxylic acids is 2. The van der Waals surface area contributed by atoms with Gasteiger partial charge in [0.1, 0.15) is 10.8 Å². The van der Waals surface area contributed by atoms with Gasteiger partial charge in [-0.2, -0.15) is 0 Å². The van der Waals surface area contributed by atoms with Crippen LogP contribution in [0.3, 0.4) is 0 Å². The van der Waals surface area contributed by atoms with Gasteiger partial charge in [0.05, 0.1) is 13.7 Å². The van der Waals surface area contributed by atoms with Crippen LogP contribution < -0.4 is 21.1 Å². The summed E-state index contributed by atoms with van der Waals surface area (Å²) < 4.78 is 5.23. The smallest absolute Gasteiger partial charge is 0.254 e. The molecule has 0 saturated carbocycles. The van der Waals surface area contributed by atoms with Gasteiger partial charge in [0.25, 0.3) is 11.8 Å². The monoisotopic (exact) mass is 481 g/mol. The summed E-state index contributed by atoms with van der Waals surface area (Å²) in [5.41, 5.74) is 9.16. The minimum Gasteiger partial charge on any atom is -0.497 e. The van der Waals surface area contributed by atoms with Crippen LogP contribution in [0.4, 0.5) is 5.69 Å². The lowest BCUT2D eigenvalue weighted by molar-refractivity contribution is 0.0785. The van der Waals surface area contributed by atoms with Crippen LogP contribution in [0.1, 0.15) is 43.4 Å². The molecule has 0 radical (unpaired) electrons.